The van der Waals surface area contributed by atoms with Crippen LogP contribution in [0.4, 0.5) is 0 Å². The Hall–Kier alpha value is -0.730. The molecule has 2 nitrogen and oxygen atoms in total. The van der Waals surface area contributed by atoms with Gasteiger partial charge in [0, 0.05) is 13.0 Å². The molecule has 64 valence electrons. The molecule has 0 radical (unpaired) electrons. The maximum atomic E-state index is 5.60. The van der Waals surface area contributed by atoms with E-state index in [1.807, 2.05) is 18.2 Å². The summed E-state index contributed by atoms with van der Waals surface area (Å²) >= 11 is 5.39. The van der Waals surface area contributed by atoms with E-state index in [2.05, 4.69) is 10.9 Å². The number of halogens is 1. The highest BCUT2D eigenvalue weighted by atomic mass is 35.5. The third-order valence-corrected chi connectivity index (χ3v) is 2.17. The maximum absolute atomic E-state index is 5.60. The van der Waals surface area contributed by atoms with E-state index in [0.717, 1.165) is 12.2 Å². The minimum Gasteiger partial charge on any atom is -0.488 e. The van der Waals surface area contributed by atoms with Crippen molar-refractivity contribution in [3.8, 4) is 5.75 Å². The van der Waals surface area contributed by atoms with E-state index in [1.165, 1.54) is 5.56 Å². The molecule has 1 atom stereocenters. The number of fused-ring (bicyclic) bond motifs is 1. The van der Waals surface area contributed by atoms with Gasteiger partial charge in [0.25, 0.3) is 0 Å². The van der Waals surface area contributed by atoms with E-state index < -0.39 is 0 Å². The van der Waals surface area contributed by atoms with Crippen LogP contribution in [-0.2, 0) is 6.42 Å². The van der Waals surface area contributed by atoms with Crippen molar-refractivity contribution in [2.45, 2.75) is 12.5 Å². The molecule has 1 aromatic carbocycles. The predicted octanol–water partition coefficient (Wildman–Crippen LogP) is 1.73. The van der Waals surface area contributed by atoms with Gasteiger partial charge in [-0.15, -0.1) is 0 Å². The zero-order valence-corrected chi connectivity index (χ0v) is 7.34. The molecule has 1 unspecified atom stereocenters. The van der Waals surface area contributed by atoms with E-state index in [1.54, 1.807) is 0 Å². The number of benzene rings is 1. The smallest absolute Gasteiger partial charge is 0.123 e. The first-order chi connectivity index (χ1) is 5.90. The molecule has 0 bridgehead atoms. The first-order valence-corrected chi connectivity index (χ1v) is 4.36. The molecule has 1 heterocycles. The largest absolute Gasteiger partial charge is 0.488 e. The first-order valence-electron chi connectivity index (χ1n) is 3.98. The molecule has 3 heteroatoms. The van der Waals surface area contributed by atoms with Gasteiger partial charge in [-0.1, -0.05) is 18.2 Å². The molecule has 12 heavy (non-hydrogen) atoms. The van der Waals surface area contributed by atoms with Crippen LogP contribution in [0.25, 0.3) is 0 Å². The number of nitrogens with one attached hydrogen (secondary N) is 1. The second-order valence-electron chi connectivity index (χ2n) is 2.89. The van der Waals surface area contributed by atoms with Gasteiger partial charge >= 0.3 is 0 Å². The van der Waals surface area contributed by atoms with E-state index in [0.29, 0.717) is 6.54 Å². The van der Waals surface area contributed by atoms with Gasteiger partial charge in [-0.05, 0) is 23.4 Å². The Bertz CT molecular complexity index is 252. The van der Waals surface area contributed by atoms with E-state index in [9.17, 15) is 0 Å². The number of hydrogen-bond acceptors (Lipinski definition) is 2. The fourth-order valence-electron chi connectivity index (χ4n) is 1.45. The molecule has 0 aromatic heterocycles. The number of hydrogen-bond donors (Lipinski definition) is 1. The minimum atomic E-state index is 0.194. The van der Waals surface area contributed by atoms with E-state index in [4.69, 9.17) is 16.5 Å². The topological polar surface area (TPSA) is 21.3 Å². The summed E-state index contributed by atoms with van der Waals surface area (Å²) in [4.78, 5) is 2.59. The van der Waals surface area contributed by atoms with Crippen LogP contribution in [0.3, 0.4) is 0 Å². The van der Waals surface area contributed by atoms with Crippen LogP contribution in [0.5, 0.6) is 5.75 Å². The van der Waals surface area contributed by atoms with Crippen molar-refractivity contribution in [1.82, 2.24) is 4.84 Å². The van der Waals surface area contributed by atoms with Gasteiger partial charge in [0.1, 0.15) is 11.9 Å². The van der Waals surface area contributed by atoms with Gasteiger partial charge in [-0.2, -0.15) is 0 Å². The lowest BCUT2D eigenvalue weighted by Crippen LogP contribution is -2.24. The van der Waals surface area contributed by atoms with Crippen molar-refractivity contribution >= 4 is 11.8 Å². The second-order valence-corrected chi connectivity index (χ2v) is 3.16. The molecule has 0 aliphatic carbocycles. The Morgan fingerprint density at radius 1 is 1.50 bits per heavy atom. The Kier molecular flexibility index (Phi) is 2.19. The van der Waals surface area contributed by atoms with Crippen LogP contribution in [0.15, 0.2) is 24.3 Å². The van der Waals surface area contributed by atoms with Gasteiger partial charge in [-0.25, -0.2) is 4.84 Å². The van der Waals surface area contributed by atoms with Gasteiger partial charge in [0.15, 0.2) is 0 Å². The highest BCUT2D eigenvalue weighted by molar-refractivity contribution is 6.13. The average Bonchev–Trinajstić information content (AvgIpc) is 2.47. The lowest BCUT2D eigenvalue weighted by Gasteiger charge is -2.07. The molecule has 1 N–H and O–H groups in total. The molecule has 1 aromatic rings. The predicted molar refractivity (Wildman–Crippen MR) is 48.4 cm³/mol. The van der Waals surface area contributed by atoms with Gasteiger partial charge in [0.05, 0.1) is 0 Å². The normalized spacial score (nSPS) is 20.2. The first kappa shape index (κ1) is 7.90. The van der Waals surface area contributed by atoms with Crippen LogP contribution in [0.2, 0.25) is 0 Å². The fourth-order valence-corrected chi connectivity index (χ4v) is 1.63. The van der Waals surface area contributed by atoms with Gasteiger partial charge < -0.3 is 4.74 Å². The Labute approximate surface area is 76.6 Å². The van der Waals surface area contributed by atoms with Crippen molar-refractivity contribution in [2.75, 3.05) is 6.54 Å². The standard InChI is InChI=1S/C9H10ClNO/c10-11-6-8-5-7-3-1-2-4-9(7)12-8/h1-4,8,11H,5-6H2. The third-order valence-electron chi connectivity index (χ3n) is 2.02. The molecule has 0 saturated heterocycles. The van der Waals surface area contributed by atoms with Crippen molar-refractivity contribution in [3.05, 3.63) is 29.8 Å². The van der Waals surface area contributed by atoms with Gasteiger partial charge in [-0.3, -0.25) is 0 Å². The summed E-state index contributed by atoms with van der Waals surface area (Å²) in [5.41, 5.74) is 1.27. The Morgan fingerprint density at radius 3 is 3.08 bits per heavy atom. The summed E-state index contributed by atoms with van der Waals surface area (Å²) in [5, 5.41) is 0. The highest BCUT2D eigenvalue weighted by Crippen LogP contribution is 2.27. The molecule has 1 aliphatic heterocycles. The summed E-state index contributed by atoms with van der Waals surface area (Å²) in [5.74, 6) is 0.995. The Morgan fingerprint density at radius 2 is 2.33 bits per heavy atom. The van der Waals surface area contributed by atoms with Crippen LogP contribution < -0.4 is 9.57 Å². The van der Waals surface area contributed by atoms with Crippen molar-refractivity contribution < 1.29 is 4.74 Å². The lowest BCUT2D eigenvalue weighted by molar-refractivity contribution is 0.237. The van der Waals surface area contributed by atoms with Crippen molar-refractivity contribution in [2.24, 2.45) is 0 Å². The summed E-state index contributed by atoms with van der Waals surface area (Å²) in [7, 11) is 0. The van der Waals surface area contributed by atoms with Crippen LogP contribution in [-0.4, -0.2) is 12.6 Å². The van der Waals surface area contributed by atoms with E-state index >= 15 is 0 Å². The molecule has 1 aliphatic rings. The molecule has 0 amide bonds. The van der Waals surface area contributed by atoms with Gasteiger partial charge in [0.2, 0.25) is 0 Å². The Balaban J connectivity index is 2.11. The minimum absolute atomic E-state index is 0.194. The summed E-state index contributed by atoms with van der Waals surface area (Å²) < 4.78 is 5.60. The van der Waals surface area contributed by atoms with Crippen molar-refractivity contribution in [1.29, 1.82) is 0 Å². The summed E-state index contributed by atoms with van der Waals surface area (Å²) in [6, 6.07) is 8.08. The number of ether oxygens (including phenoxy) is 1. The zero-order valence-electron chi connectivity index (χ0n) is 6.59. The fraction of sp³-hybridized carbons (Fsp3) is 0.333. The zero-order chi connectivity index (χ0) is 8.39. The highest BCUT2D eigenvalue weighted by Gasteiger charge is 2.21. The van der Waals surface area contributed by atoms with Crippen LogP contribution in [0, 0.1) is 0 Å². The lowest BCUT2D eigenvalue weighted by atomic mass is 10.1. The second kappa shape index (κ2) is 3.33. The molecular weight excluding hydrogens is 174 g/mol. The maximum Gasteiger partial charge on any atom is 0.123 e. The molecule has 0 fully saturated rings. The quantitative estimate of drug-likeness (QED) is 0.706. The molecule has 0 spiro atoms. The van der Waals surface area contributed by atoms with E-state index in [-0.39, 0.29) is 6.10 Å². The third kappa shape index (κ3) is 1.40. The van der Waals surface area contributed by atoms with Crippen LogP contribution >= 0.6 is 11.8 Å². The van der Waals surface area contributed by atoms with Crippen molar-refractivity contribution in [3.63, 3.8) is 0 Å². The SMILES string of the molecule is ClNCC1Cc2ccccc2O1. The van der Waals surface area contributed by atoms with Crippen LogP contribution in [0.1, 0.15) is 5.56 Å². The molecular formula is C9H10ClNO. The number of para-hydroxylation sites is 1. The summed E-state index contributed by atoms with van der Waals surface area (Å²) in [6.07, 6.45) is 1.15. The molecule has 2 rings (SSSR count). The summed E-state index contributed by atoms with van der Waals surface area (Å²) in [6.45, 7) is 0.691. The average molecular weight is 184 g/mol. The number of rotatable bonds is 2. The molecule has 0 saturated carbocycles. The monoisotopic (exact) mass is 183 g/mol.